The van der Waals surface area contributed by atoms with Crippen molar-refractivity contribution in [1.29, 1.82) is 0 Å². The van der Waals surface area contributed by atoms with Crippen LogP contribution in [0.4, 0.5) is 0 Å². The van der Waals surface area contributed by atoms with E-state index in [0.717, 1.165) is 16.5 Å². The number of carbonyl (C=O) groups excluding carboxylic acids is 2. The third-order valence-electron chi connectivity index (χ3n) is 5.05. The molecule has 0 unspecified atom stereocenters. The number of methoxy groups -OCH3 is 2. The molecular weight excluding hydrogens is 408 g/mol. The van der Waals surface area contributed by atoms with Crippen LogP contribution in [-0.4, -0.2) is 42.5 Å². The fourth-order valence-corrected chi connectivity index (χ4v) is 3.58. The van der Waals surface area contributed by atoms with Crippen LogP contribution in [-0.2, 0) is 9.47 Å². The Labute approximate surface area is 185 Å². The quantitative estimate of drug-likeness (QED) is 0.414. The summed E-state index contributed by atoms with van der Waals surface area (Å²) < 4.78 is 16.9. The first-order chi connectivity index (χ1) is 15.6. The Morgan fingerprint density at radius 3 is 2.25 bits per heavy atom. The van der Waals surface area contributed by atoms with E-state index in [2.05, 4.69) is 5.10 Å². The number of hydrogen-bond donors (Lipinski definition) is 0. The van der Waals surface area contributed by atoms with Crippen molar-refractivity contribution in [3.8, 4) is 22.7 Å². The summed E-state index contributed by atoms with van der Waals surface area (Å²) in [6.07, 6.45) is 0. The van der Waals surface area contributed by atoms with E-state index in [4.69, 9.17) is 14.2 Å². The molecule has 1 aromatic heterocycles. The summed E-state index contributed by atoms with van der Waals surface area (Å²) in [4.78, 5) is 25.5. The summed E-state index contributed by atoms with van der Waals surface area (Å²) in [7, 11) is 2.53. The van der Waals surface area contributed by atoms with Gasteiger partial charge in [-0.15, -0.1) is 0 Å². The van der Waals surface area contributed by atoms with Gasteiger partial charge in [0.05, 0.1) is 26.5 Å². The zero-order valence-corrected chi connectivity index (χ0v) is 18.0. The summed E-state index contributed by atoms with van der Waals surface area (Å²) in [6, 6.07) is 20.5. The molecule has 0 saturated heterocycles. The number of para-hydroxylation sites is 1. The van der Waals surface area contributed by atoms with Crippen molar-refractivity contribution in [3.63, 3.8) is 0 Å². The van der Waals surface area contributed by atoms with Crippen LogP contribution in [0.3, 0.4) is 0 Å². The third-order valence-corrected chi connectivity index (χ3v) is 5.05. The van der Waals surface area contributed by atoms with Gasteiger partial charge < -0.3 is 14.2 Å². The first-order valence-electron chi connectivity index (χ1n) is 10.1. The van der Waals surface area contributed by atoms with Gasteiger partial charge in [-0.3, -0.25) is 0 Å². The highest BCUT2D eigenvalue weighted by Crippen LogP contribution is 2.32. The standard InChI is InChI=1S/C25H22N2O5/c1-4-32-20-13-12-16-14-18(11-10-17(16)15-20)22-21(24(28)30-2)23(25(29)31-3)27(26-22)19-8-6-5-7-9-19/h5-15H,4H2,1-3H3. The molecule has 162 valence electrons. The van der Waals surface area contributed by atoms with E-state index < -0.39 is 11.9 Å². The zero-order valence-electron chi connectivity index (χ0n) is 18.0. The molecule has 4 aromatic rings. The minimum absolute atomic E-state index is 0.00680. The molecule has 7 heteroatoms. The molecule has 0 saturated carbocycles. The lowest BCUT2D eigenvalue weighted by atomic mass is 10.0. The maximum Gasteiger partial charge on any atom is 0.357 e. The SMILES string of the molecule is CCOc1ccc2cc(-c3nn(-c4ccccc4)c(C(=O)OC)c3C(=O)OC)ccc2c1. The molecule has 0 atom stereocenters. The minimum Gasteiger partial charge on any atom is -0.494 e. The van der Waals surface area contributed by atoms with Gasteiger partial charge in [0.1, 0.15) is 17.0 Å². The normalized spacial score (nSPS) is 10.7. The second-order valence-electron chi connectivity index (χ2n) is 6.96. The van der Waals surface area contributed by atoms with Gasteiger partial charge in [-0.25, -0.2) is 14.3 Å². The van der Waals surface area contributed by atoms with E-state index in [-0.39, 0.29) is 11.3 Å². The zero-order chi connectivity index (χ0) is 22.7. The van der Waals surface area contributed by atoms with Crippen molar-refractivity contribution in [2.45, 2.75) is 6.92 Å². The Balaban J connectivity index is 1.95. The van der Waals surface area contributed by atoms with Gasteiger partial charge in [0, 0.05) is 5.56 Å². The maximum atomic E-state index is 12.8. The summed E-state index contributed by atoms with van der Waals surface area (Å²) in [6.45, 7) is 2.52. The van der Waals surface area contributed by atoms with Crippen LogP contribution in [0.1, 0.15) is 27.8 Å². The van der Waals surface area contributed by atoms with Gasteiger partial charge in [0.2, 0.25) is 0 Å². The molecule has 0 amide bonds. The van der Waals surface area contributed by atoms with E-state index >= 15 is 0 Å². The van der Waals surface area contributed by atoms with Gasteiger partial charge >= 0.3 is 11.9 Å². The number of benzene rings is 3. The predicted octanol–water partition coefficient (Wildman–Crippen LogP) is 4.66. The smallest absolute Gasteiger partial charge is 0.357 e. The lowest BCUT2D eigenvalue weighted by Crippen LogP contribution is -2.15. The van der Waals surface area contributed by atoms with Gasteiger partial charge in [0.15, 0.2) is 5.69 Å². The molecule has 0 radical (unpaired) electrons. The van der Waals surface area contributed by atoms with E-state index in [0.29, 0.717) is 23.6 Å². The van der Waals surface area contributed by atoms with Crippen molar-refractivity contribution in [1.82, 2.24) is 9.78 Å². The topological polar surface area (TPSA) is 79.7 Å². The Morgan fingerprint density at radius 1 is 0.875 bits per heavy atom. The lowest BCUT2D eigenvalue weighted by Gasteiger charge is -2.07. The summed E-state index contributed by atoms with van der Waals surface area (Å²) in [5.74, 6) is -0.575. The molecule has 4 rings (SSSR count). The number of carbonyl (C=O) groups is 2. The highest BCUT2D eigenvalue weighted by Gasteiger charge is 2.31. The highest BCUT2D eigenvalue weighted by atomic mass is 16.5. The number of aromatic nitrogens is 2. The Morgan fingerprint density at radius 2 is 1.56 bits per heavy atom. The Hall–Kier alpha value is -4.13. The van der Waals surface area contributed by atoms with E-state index in [1.807, 2.05) is 61.5 Å². The van der Waals surface area contributed by atoms with Crippen molar-refractivity contribution in [3.05, 3.63) is 78.0 Å². The fraction of sp³-hybridized carbons (Fsp3) is 0.160. The molecule has 7 nitrogen and oxygen atoms in total. The Kier molecular flexibility index (Phi) is 5.89. The van der Waals surface area contributed by atoms with Crippen molar-refractivity contribution < 1.29 is 23.8 Å². The van der Waals surface area contributed by atoms with Crippen molar-refractivity contribution >= 4 is 22.7 Å². The van der Waals surface area contributed by atoms with Gasteiger partial charge in [0.25, 0.3) is 0 Å². The largest absolute Gasteiger partial charge is 0.494 e. The average molecular weight is 430 g/mol. The van der Waals surface area contributed by atoms with E-state index in [1.54, 1.807) is 12.1 Å². The van der Waals surface area contributed by atoms with E-state index in [9.17, 15) is 9.59 Å². The molecule has 0 aliphatic carbocycles. The summed E-state index contributed by atoms with van der Waals surface area (Å²) in [5.41, 5.74) is 1.67. The fourth-order valence-electron chi connectivity index (χ4n) is 3.58. The molecule has 0 bridgehead atoms. The molecule has 0 aliphatic heterocycles. The van der Waals surface area contributed by atoms with Gasteiger partial charge in [-0.05, 0) is 48.0 Å². The van der Waals surface area contributed by atoms with Crippen LogP contribution in [0.15, 0.2) is 66.7 Å². The Bertz CT molecular complexity index is 1290. The number of hydrogen-bond acceptors (Lipinski definition) is 6. The summed E-state index contributed by atoms with van der Waals surface area (Å²) in [5, 5.41) is 6.55. The van der Waals surface area contributed by atoms with Gasteiger partial charge in [-0.2, -0.15) is 5.10 Å². The van der Waals surface area contributed by atoms with E-state index in [1.165, 1.54) is 18.9 Å². The molecule has 0 N–H and O–H groups in total. The van der Waals surface area contributed by atoms with Gasteiger partial charge in [-0.1, -0.05) is 36.4 Å². The molecule has 0 aliphatic rings. The first-order valence-corrected chi connectivity index (χ1v) is 10.1. The van der Waals surface area contributed by atoms with Crippen LogP contribution in [0.2, 0.25) is 0 Å². The molecule has 32 heavy (non-hydrogen) atoms. The second-order valence-corrected chi connectivity index (χ2v) is 6.96. The molecule has 1 heterocycles. The number of nitrogens with zero attached hydrogens (tertiary/aromatic N) is 2. The van der Waals surface area contributed by atoms with Crippen molar-refractivity contribution in [2.75, 3.05) is 20.8 Å². The molecule has 3 aromatic carbocycles. The van der Waals surface area contributed by atoms with Crippen LogP contribution in [0.5, 0.6) is 5.75 Å². The van der Waals surface area contributed by atoms with Crippen LogP contribution in [0.25, 0.3) is 27.7 Å². The third kappa shape index (κ3) is 3.80. The monoisotopic (exact) mass is 430 g/mol. The maximum absolute atomic E-state index is 12.8. The number of ether oxygens (including phenoxy) is 3. The van der Waals surface area contributed by atoms with Crippen LogP contribution < -0.4 is 4.74 Å². The molecule has 0 fully saturated rings. The minimum atomic E-state index is -0.685. The number of fused-ring (bicyclic) bond motifs is 1. The molecular formula is C25H22N2O5. The summed E-state index contributed by atoms with van der Waals surface area (Å²) >= 11 is 0. The van der Waals surface area contributed by atoms with Crippen molar-refractivity contribution in [2.24, 2.45) is 0 Å². The van der Waals surface area contributed by atoms with Crippen LogP contribution >= 0.6 is 0 Å². The number of esters is 2. The predicted molar refractivity (Wildman–Crippen MR) is 120 cm³/mol. The molecule has 0 spiro atoms. The second kappa shape index (κ2) is 8.93. The van der Waals surface area contributed by atoms with Crippen LogP contribution in [0, 0.1) is 0 Å². The highest BCUT2D eigenvalue weighted by molar-refractivity contribution is 6.07. The lowest BCUT2D eigenvalue weighted by molar-refractivity contribution is 0.0549. The average Bonchev–Trinajstić information content (AvgIpc) is 3.24. The number of rotatable bonds is 6. The first kappa shape index (κ1) is 21.1.